The van der Waals surface area contributed by atoms with E-state index in [2.05, 4.69) is 5.32 Å². The van der Waals surface area contributed by atoms with Gasteiger partial charge in [0, 0.05) is 19.2 Å². The molecule has 124 valence electrons. The lowest BCUT2D eigenvalue weighted by molar-refractivity contribution is 0.0954. The number of oxazole rings is 1. The van der Waals surface area contributed by atoms with Crippen molar-refractivity contribution in [3.05, 3.63) is 64.1 Å². The number of fused-ring (bicyclic) bond motifs is 1. The van der Waals surface area contributed by atoms with E-state index in [9.17, 15) is 9.59 Å². The highest BCUT2D eigenvalue weighted by Gasteiger charge is 2.08. The number of hydrogen-bond acceptors (Lipinski definition) is 4. The number of amides is 1. The summed E-state index contributed by atoms with van der Waals surface area (Å²) in [7, 11) is 3.25. The number of rotatable bonds is 5. The molecule has 0 atom stereocenters. The van der Waals surface area contributed by atoms with Crippen molar-refractivity contribution >= 4 is 17.0 Å². The molecule has 0 aliphatic rings. The zero-order valence-electron chi connectivity index (χ0n) is 13.5. The normalized spacial score (nSPS) is 10.8. The van der Waals surface area contributed by atoms with Crippen LogP contribution in [0.5, 0.6) is 5.75 Å². The van der Waals surface area contributed by atoms with Crippen LogP contribution in [0.2, 0.25) is 0 Å². The Bertz CT molecular complexity index is 922. The molecule has 6 heteroatoms. The highest BCUT2D eigenvalue weighted by atomic mass is 16.5. The summed E-state index contributed by atoms with van der Waals surface area (Å²) in [6.07, 6.45) is 0.649. The van der Waals surface area contributed by atoms with E-state index in [-0.39, 0.29) is 11.7 Å². The van der Waals surface area contributed by atoms with E-state index in [0.717, 1.165) is 11.1 Å². The lowest BCUT2D eigenvalue weighted by Gasteiger charge is -2.06. The van der Waals surface area contributed by atoms with E-state index in [0.29, 0.717) is 29.9 Å². The maximum absolute atomic E-state index is 12.1. The van der Waals surface area contributed by atoms with E-state index in [1.165, 1.54) is 4.57 Å². The summed E-state index contributed by atoms with van der Waals surface area (Å²) >= 11 is 0. The van der Waals surface area contributed by atoms with E-state index >= 15 is 0 Å². The SMILES string of the molecule is COc1ccc(C(=O)NCCc2ccc3c(c2)oc(=O)n3C)cc1. The van der Waals surface area contributed by atoms with Crippen molar-refractivity contribution in [2.24, 2.45) is 7.05 Å². The molecular weight excluding hydrogens is 308 g/mol. The Labute approximate surface area is 138 Å². The predicted octanol–water partition coefficient (Wildman–Crippen LogP) is 2.11. The maximum Gasteiger partial charge on any atom is 0.419 e. The van der Waals surface area contributed by atoms with Crippen LogP contribution < -0.4 is 15.8 Å². The molecule has 1 amide bonds. The number of nitrogens with zero attached hydrogens (tertiary/aromatic N) is 1. The van der Waals surface area contributed by atoms with Gasteiger partial charge in [-0.1, -0.05) is 6.07 Å². The highest BCUT2D eigenvalue weighted by Crippen LogP contribution is 2.15. The molecule has 0 bridgehead atoms. The van der Waals surface area contributed by atoms with Crippen molar-refractivity contribution in [3.8, 4) is 5.75 Å². The fourth-order valence-corrected chi connectivity index (χ4v) is 2.50. The van der Waals surface area contributed by atoms with Gasteiger partial charge in [-0.15, -0.1) is 0 Å². The van der Waals surface area contributed by atoms with Crippen LogP contribution in [0.25, 0.3) is 11.1 Å². The van der Waals surface area contributed by atoms with Crippen LogP contribution >= 0.6 is 0 Å². The fraction of sp³-hybridized carbons (Fsp3) is 0.222. The van der Waals surface area contributed by atoms with Crippen LogP contribution in [-0.2, 0) is 13.5 Å². The second-order valence-electron chi connectivity index (χ2n) is 5.46. The molecule has 0 unspecified atom stereocenters. The van der Waals surface area contributed by atoms with Gasteiger partial charge in [-0.2, -0.15) is 0 Å². The highest BCUT2D eigenvalue weighted by molar-refractivity contribution is 5.94. The minimum Gasteiger partial charge on any atom is -0.497 e. The van der Waals surface area contributed by atoms with Gasteiger partial charge >= 0.3 is 5.76 Å². The van der Waals surface area contributed by atoms with Gasteiger partial charge in [-0.25, -0.2) is 4.79 Å². The molecule has 1 N–H and O–H groups in total. The third kappa shape index (κ3) is 3.17. The number of carbonyl (C=O) groups excluding carboxylic acids is 1. The first-order chi connectivity index (χ1) is 11.6. The minimum atomic E-state index is -0.380. The second-order valence-corrected chi connectivity index (χ2v) is 5.46. The third-order valence-electron chi connectivity index (χ3n) is 3.91. The number of aromatic nitrogens is 1. The monoisotopic (exact) mass is 326 g/mol. The van der Waals surface area contributed by atoms with Crippen LogP contribution in [0, 0.1) is 0 Å². The van der Waals surface area contributed by atoms with Gasteiger partial charge < -0.3 is 14.5 Å². The Morgan fingerprint density at radius 2 is 1.96 bits per heavy atom. The quantitative estimate of drug-likeness (QED) is 0.779. The van der Waals surface area contributed by atoms with Crippen LogP contribution in [0.4, 0.5) is 0 Å². The van der Waals surface area contributed by atoms with Crippen molar-refractivity contribution in [1.29, 1.82) is 0 Å². The largest absolute Gasteiger partial charge is 0.497 e. The van der Waals surface area contributed by atoms with Gasteiger partial charge in [0.05, 0.1) is 12.6 Å². The molecule has 0 radical (unpaired) electrons. The average molecular weight is 326 g/mol. The molecule has 6 nitrogen and oxygen atoms in total. The van der Waals surface area contributed by atoms with Crippen LogP contribution in [-0.4, -0.2) is 24.1 Å². The van der Waals surface area contributed by atoms with Crippen molar-refractivity contribution in [2.45, 2.75) is 6.42 Å². The molecule has 0 spiro atoms. The summed E-state index contributed by atoms with van der Waals surface area (Å²) < 4.78 is 11.7. The Morgan fingerprint density at radius 3 is 2.67 bits per heavy atom. The summed E-state index contributed by atoms with van der Waals surface area (Å²) in [5.41, 5.74) is 2.89. The Kier molecular flexibility index (Phi) is 4.37. The zero-order valence-corrected chi connectivity index (χ0v) is 13.5. The molecule has 0 aliphatic heterocycles. The number of carbonyl (C=O) groups is 1. The zero-order chi connectivity index (χ0) is 17.1. The first-order valence-corrected chi connectivity index (χ1v) is 7.59. The van der Waals surface area contributed by atoms with Gasteiger partial charge in [-0.05, 0) is 48.4 Å². The molecular formula is C18H18N2O4. The Morgan fingerprint density at radius 1 is 1.21 bits per heavy atom. The average Bonchev–Trinajstić information content (AvgIpc) is 2.88. The van der Waals surface area contributed by atoms with Gasteiger partial charge in [0.2, 0.25) is 0 Å². The van der Waals surface area contributed by atoms with Crippen LogP contribution in [0.3, 0.4) is 0 Å². The van der Waals surface area contributed by atoms with Crippen molar-refractivity contribution < 1.29 is 13.9 Å². The van der Waals surface area contributed by atoms with Crippen molar-refractivity contribution in [2.75, 3.05) is 13.7 Å². The fourth-order valence-electron chi connectivity index (χ4n) is 2.50. The second kappa shape index (κ2) is 6.62. The summed E-state index contributed by atoms with van der Waals surface area (Å²) in [6, 6.07) is 12.5. The van der Waals surface area contributed by atoms with Crippen LogP contribution in [0.1, 0.15) is 15.9 Å². The van der Waals surface area contributed by atoms with E-state index in [4.69, 9.17) is 9.15 Å². The molecule has 3 rings (SSSR count). The summed E-state index contributed by atoms with van der Waals surface area (Å²) in [5, 5.41) is 2.87. The smallest absolute Gasteiger partial charge is 0.419 e. The molecule has 0 saturated heterocycles. The Hall–Kier alpha value is -3.02. The molecule has 3 aromatic rings. The standard InChI is InChI=1S/C18H18N2O4/c1-20-15-8-3-12(11-16(15)24-18(20)22)9-10-19-17(21)13-4-6-14(23-2)7-5-13/h3-8,11H,9-10H2,1-2H3,(H,19,21). The minimum absolute atomic E-state index is 0.134. The maximum atomic E-state index is 12.1. The van der Waals surface area contributed by atoms with E-state index in [1.54, 1.807) is 38.4 Å². The molecule has 2 aromatic carbocycles. The number of hydrogen-bond donors (Lipinski definition) is 1. The van der Waals surface area contributed by atoms with Crippen molar-refractivity contribution in [1.82, 2.24) is 9.88 Å². The summed E-state index contributed by atoms with van der Waals surface area (Å²) in [6.45, 7) is 0.493. The lowest BCUT2D eigenvalue weighted by Crippen LogP contribution is -2.25. The third-order valence-corrected chi connectivity index (χ3v) is 3.91. The molecule has 0 saturated carbocycles. The Balaban J connectivity index is 1.61. The molecule has 1 heterocycles. The first kappa shape index (κ1) is 15.9. The van der Waals surface area contributed by atoms with Gasteiger partial charge in [0.25, 0.3) is 5.91 Å². The number of methoxy groups -OCH3 is 1. The van der Waals surface area contributed by atoms with Crippen molar-refractivity contribution in [3.63, 3.8) is 0 Å². The van der Waals surface area contributed by atoms with Gasteiger partial charge in [0.15, 0.2) is 5.58 Å². The summed E-state index contributed by atoms with van der Waals surface area (Å²) in [5.74, 6) is 0.198. The molecule has 1 aromatic heterocycles. The molecule has 0 aliphatic carbocycles. The van der Waals surface area contributed by atoms with Crippen LogP contribution in [0.15, 0.2) is 51.7 Å². The molecule has 24 heavy (non-hydrogen) atoms. The van der Waals surface area contributed by atoms with E-state index in [1.807, 2.05) is 18.2 Å². The first-order valence-electron chi connectivity index (χ1n) is 7.59. The topological polar surface area (TPSA) is 73.5 Å². The lowest BCUT2D eigenvalue weighted by atomic mass is 10.1. The molecule has 0 fully saturated rings. The number of ether oxygens (including phenoxy) is 1. The van der Waals surface area contributed by atoms with Gasteiger partial charge in [-0.3, -0.25) is 9.36 Å². The number of benzene rings is 2. The number of nitrogens with one attached hydrogen (secondary N) is 1. The number of aryl methyl sites for hydroxylation is 1. The van der Waals surface area contributed by atoms with E-state index < -0.39 is 0 Å². The predicted molar refractivity (Wildman–Crippen MR) is 90.5 cm³/mol. The van der Waals surface area contributed by atoms with Gasteiger partial charge in [0.1, 0.15) is 5.75 Å². The summed E-state index contributed by atoms with van der Waals surface area (Å²) in [4.78, 5) is 23.6.